The first-order valence-electron chi connectivity index (χ1n) is 21.0. The topological polar surface area (TPSA) is 137 Å². The number of hydrogen-bond donors (Lipinski definition) is 0. The fraction of sp³-hybridized carbons (Fsp3) is 0.829. The number of benzene rings is 1. The van der Waals surface area contributed by atoms with Crippen LogP contribution in [-0.2, 0) is 61.6 Å². The number of halogens is 5. The lowest BCUT2D eigenvalue weighted by atomic mass is 10.1. The first kappa shape index (κ1) is 55.9. The highest BCUT2D eigenvalue weighted by molar-refractivity contribution is 5.72. The summed E-state index contributed by atoms with van der Waals surface area (Å²) in [4.78, 5) is 11.7. The fourth-order valence-electron chi connectivity index (χ4n) is 4.85. The van der Waals surface area contributed by atoms with Crippen LogP contribution in [-0.4, -0.2) is 165 Å². The normalized spacial score (nSPS) is 11.6. The molecule has 14 nitrogen and oxygen atoms in total. The van der Waals surface area contributed by atoms with Gasteiger partial charge in [-0.2, -0.15) is 8.78 Å². The minimum absolute atomic E-state index is 0.0799. The molecule has 1 rings (SSSR count). The summed E-state index contributed by atoms with van der Waals surface area (Å²) in [6.45, 7) is 12.2. The third kappa shape index (κ3) is 32.6. The largest absolute Gasteiger partial charge is 0.420 e. The van der Waals surface area contributed by atoms with Crippen molar-refractivity contribution in [2.24, 2.45) is 0 Å². The van der Waals surface area contributed by atoms with E-state index in [0.29, 0.717) is 126 Å². The summed E-state index contributed by atoms with van der Waals surface area (Å²) < 4.78 is 136. The maximum Gasteiger partial charge on any atom is 0.313 e. The van der Waals surface area contributed by atoms with Crippen LogP contribution in [0.15, 0.2) is 0 Å². The maximum atomic E-state index is 13.6. The van der Waals surface area contributed by atoms with Crippen molar-refractivity contribution < 1.29 is 88.3 Å². The third-order valence-corrected chi connectivity index (χ3v) is 8.07. The van der Waals surface area contributed by atoms with Crippen molar-refractivity contribution >= 4 is 5.97 Å². The van der Waals surface area contributed by atoms with Crippen LogP contribution in [0.25, 0.3) is 0 Å². The second kappa shape index (κ2) is 42.2. The van der Waals surface area contributed by atoms with Crippen LogP contribution in [0.2, 0.25) is 0 Å². The summed E-state index contributed by atoms with van der Waals surface area (Å²) in [5.74, 6) is -14.1. The monoisotopic (exact) mass is 880 g/mol. The van der Waals surface area contributed by atoms with Gasteiger partial charge in [0.15, 0.2) is 0 Å². The molecular weight excluding hydrogens is 811 g/mol. The Morgan fingerprint density at radius 2 is 0.550 bits per heavy atom. The smallest absolute Gasteiger partial charge is 0.313 e. The average molecular weight is 881 g/mol. The summed E-state index contributed by atoms with van der Waals surface area (Å²) in [6, 6.07) is 0. The molecule has 0 aliphatic carbocycles. The SMILES string of the molecule is CCCCCCCCCCOCCOCCOCCOCCOCCOCCOCCOCCOCCOCCOCCOCCC(=O)Oc1c(F)c(F)c(F)c(F)c1F. The second-order valence-electron chi connectivity index (χ2n) is 12.9. The minimum Gasteiger partial charge on any atom is -0.420 e. The number of esters is 1. The van der Waals surface area contributed by atoms with Gasteiger partial charge >= 0.3 is 5.97 Å². The van der Waals surface area contributed by atoms with Gasteiger partial charge in [-0.05, 0) is 6.42 Å². The zero-order valence-electron chi connectivity index (χ0n) is 35.4. The van der Waals surface area contributed by atoms with Crippen LogP contribution in [0.3, 0.4) is 0 Å². The standard InChI is InChI=1S/C41H69F5O14/c1-2-3-4-5-6-7-8-9-11-48-13-15-50-17-19-52-21-23-54-25-27-56-29-31-58-33-34-59-32-30-57-28-26-55-24-22-53-20-18-51-16-14-49-12-10-35(47)60-41-39(45)37(43)36(42)38(44)40(41)46/h2-34H2,1H3. The molecule has 0 N–H and O–H groups in total. The predicted octanol–water partition coefficient (Wildman–Crippen LogP) is 6.02. The molecule has 0 heterocycles. The van der Waals surface area contributed by atoms with Crippen molar-refractivity contribution in [1.29, 1.82) is 0 Å². The molecule has 0 saturated heterocycles. The van der Waals surface area contributed by atoms with Gasteiger partial charge in [-0.3, -0.25) is 4.79 Å². The molecular formula is C41H69F5O14. The molecule has 0 spiro atoms. The maximum absolute atomic E-state index is 13.6. The average Bonchev–Trinajstić information content (AvgIpc) is 3.25. The summed E-state index contributed by atoms with van der Waals surface area (Å²) in [7, 11) is 0. The van der Waals surface area contributed by atoms with Gasteiger partial charge in [-0.15, -0.1) is 0 Å². The Morgan fingerprint density at radius 3 is 0.850 bits per heavy atom. The lowest BCUT2D eigenvalue weighted by Gasteiger charge is -2.09. The number of carbonyl (C=O) groups is 1. The summed E-state index contributed by atoms with van der Waals surface area (Å²) in [6.07, 6.45) is 9.90. The van der Waals surface area contributed by atoms with Crippen LogP contribution in [0.1, 0.15) is 64.7 Å². The Morgan fingerprint density at radius 1 is 0.317 bits per heavy atom. The van der Waals surface area contributed by atoms with Crippen LogP contribution in [0.5, 0.6) is 5.75 Å². The molecule has 19 heteroatoms. The van der Waals surface area contributed by atoms with Gasteiger partial charge in [0.05, 0.1) is 158 Å². The molecule has 60 heavy (non-hydrogen) atoms. The van der Waals surface area contributed by atoms with E-state index in [1.165, 1.54) is 44.9 Å². The van der Waals surface area contributed by atoms with Crippen molar-refractivity contribution in [1.82, 2.24) is 0 Å². The van der Waals surface area contributed by atoms with Crippen molar-refractivity contribution in [3.05, 3.63) is 29.1 Å². The molecule has 0 aromatic heterocycles. The molecule has 0 aliphatic rings. The van der Waals surface area contributed by atoms with E-state index in [1.54, 1.807) is 0 Å². The molecule has 0 aliphatic heterocycles. The molecule has 0 amide bonds. The van der Waals surface area contributed by atoms with E-state index in [4.69, 9.17) is 56.8 Å². The zero-order chi connectivity index (χ0) is 43.6. The van der Waals surface area contributed by atoms with E-state index >= 15 is 0 Å². The molecule has 0 atom stereocenters. The zero-order valence-corrected chi connectivity index (χ0v) is 35.4. The Bertz CT molecular complexity index is 1110. The Hall–Kier alpha value is -2.14. The Kier molecular flexibility index (Phi) is 39.3. The second-order valence-corrected chi connectivity index (χ2v) is 12.9. The lowest BCUT2D eigenvalue weighted by molar-refractivity contribution is -0.136. The number of hydrogen-bond acceptors (Lipinski definition) is 14. The van der Waals surface area contributed by atoms with Gasteiger partial charge in [0.1, 0.15) is 0 Å². The predicted molar refractivity (Wildman–Crippen MR) is 209 cm³/mol. The molecule has 1 aromatic rings. The Balaban J connectivity index is 1.69. The minimum atomic E-state index is -2.35. The third-order valence-electron chi connectivity index (χ3n) is 8.07. The molecule has 0 fully saturated rings. The quantitative estimate of drug-likeness (QED) is 0.0189. The molecule has 352 valence electrons. The van der Waals surface area contributed by atoms with Gasteiger partial charge in [-0.25, -0.2) is 13.2 Å². The molecule has 1 aromatic carbocycles. The van der Waals surface area contributed by atoms with Crippen LogP contribution >= 0.6 is 0 Å². The van der Waals surface area contributed by atoms with E-state index in [0.717, 1.165) is 13.0 Å². The number of carbonyl (C=O) groups excluding carboxylic acids is 1. The van der Waals surface area contributed by atoms with Crippen molar-refractivity contribution in [2.45, 2.75) is 64.7 Å². The van der Waals surface area contributed by atoms with Gasteiger partial charge in [0, 0.05) is 6.61 Å². The van der Waals surface area contributed by atoms with Crippen LogP contribution < -0.4 is 4.74 Å². The molecule has 0 unspecified atom stereocenters. The van der Waals surface area contributed by atoms with E-state index in [9.17, 15) is 26.7 Å². The summed E-state index contributed by atoms with van der Waals surface area (Å²) in [5, 5.41) is 0. The number of unbranched alkanes of at least 4 members (excludes halogenated alkanes) is 7. The highest BCUT2D eigenvalue weighted by Gasteiger charge is 2.28. The molecule has 0 radical (unpaired) electrons. The Labute approximate surface area is 352 Å². The molecule has 0 bridgehead atoms. The van der Waals surface area contributed by atoms with E-state index < -0.39 is 47.2 Å². The lowest BCUT2D eigenvalue weighted by Crippen LogP contribution is -2.16. The summed E-state index contributed by atoms with van der Waals surface area (Å²) in [5.41, 5.74) is 0. The van der Waals surface area contributed by atoms with Crippen LogP contribution in [0.4, 0.5) is 22.0 Å². The van der Waals surface area contributed by atoms with E-state index in [2.05, 4.69) is 11.7 Å². The van der Waals surface area contributed by atoms with Crippen molar-refractivity contribution in [3.63, 3.8) is 0 Å². The summed E-state index contributed by atoms with van der Waals surface area (Å²) >= 11 is 0. The van der Waals surface area contributed by atoms with Gasteiger partial charge in [0.25, 0.3) is 0 Å². The van der Waals surface area contributed by atoms with Crippen LogP contribution in [0, 0.1) is 29.1 Å². The highest BCUT2D eigenvalue weighted by Crippen LogP contribution is 2.29. The van der Waals surface area contributed by atoms with Gasteiger partial charge in [-0.1, -0.05) is 51.9 Å². The first-order chi connectivity index (χ1) is 29.4. The van der Waals surface area contributed by atoms with E-state index in [1.807, 2.05) is 0 Å². The fourth-order valence-corrected chi connectivity index (χ4v) is 4.85. The van der Waals surface area contributed by atoms with Crippen molar-refractivity contribution in [2.75, 3.05) is 159 Å². The van der Waals surface area contributed by atoms with Gasteiger partial charge < -0.3 is 61.6 Å². The van der Waals surface area contributed by atoms with E-state index in [-0.39, 0.29) is 26.4 Å². The van der Waals surface area contributed by atoms with Crippen molar-refractivity contribution in [3.8, 4) is 5.75 Å². The van der Waals surface area contributed by atoms with Gasteiger partial charge in [0.2, 0.25) is 34.8 Å². The number of rotatable bonds is 46. The number of ether oxygens (including phenoxy) is 13. The first-order valence-corrected chi connectivity index (χ1v) is 21.0. The molecule has 0 saturated carbocycles. The highest BCUT2D eigenvalue weighted by atomic mass is 19.2.